The summed E-state index contributed by atoms with van der Waals surface area (Å²) in [5.41, 5.74) is 9.16. The maximum Gasteiger partial charge on any atom is 0.573 e. The largest absolute Gasteiger partial charge is 0.573 e. The number of carbonyl (C=O) groups is 1. The number of aryl methyl sites for hydroxylation is 1. The second kappa shape index (κ2) is 9.01. The Bertz CT molecular complexity index is 1140. The van der Waals surface area contributed by atoms with Crippen molar-refractivity contribution in [3.8, 4) is 16.9 Å². The third-order valence-electron chi connectivity index (χ3n) is 5.59. The number of halogens is 3. The van der Waals surface area contributed by atoms with Crippen LogP contribution in [0.4, 0.5) is 24.7 Å². The number of aromatic nitrogens is 1. The second-order valence-electron chi connectivity index (χ2n) is 7.82. The number of nitrogens with two attached hydrogens (primary N) is 1. The van der Waals surface area contributed by atoms with Crippen LogP contribution < -0.4 is 20.3 Å². The summed E-state index contributed by atoms with van der Waals surface area (Å²) in [6, 6.07) is 15.8. The molecule has 1 aliphatic rings. The molecular formula is C24H23F3N4O2. The number of pyridine rings is 1. The molecule has 1 amide bonds. The van der Waals surface area contributed by atoms with E-state index in [0.29, 0.717) is 11.1 Å². The number of ether oxygens (including phenoxy) is 1. The van der Waals surface area contributed by atoms with Crippen LogP contribution in [0.15, 0.2) is 60.8 Å². The van der Waals surface area contributed by atoms with E-state index in [2.05, 4.69) is 19.5 Å². The van der Waals surface area contributed by atoms with E-state index >= 15 is 0 Å². The lowest BCUT2D eigenvalue weighted by molar-refractivity contribution is -0.274. The molecule has 0 radical (unpaired) electrons. The van der Waals surface area contributed by atoms with Crippen LogP contribution in [0.25, 0.3) is 11.1 Å². The topological polar surface area (TPSA) is 71.7 Å². The Morgan fingerprint density at radius 2 is 1.73 bits per heavy atom. The average Bonchev–Trinajstić information content (AvgIpc) is 2.78. The van der Waals surface area contributed by atoms with Gasteiger partial charge >= 0.3 is 6.36 Å². The molecule has 0 unspecified atom stereocenters. The summed E-state index contributed by atoms with van der Waals surface area (Å²) in [4.78, 5) is 20.0. The zero-order valence-electron chi connectivity index (χ0n) is 18.0. The van der Waals surface area contributed by atoms with Crippen molar-refractivity contribution in [1.29, 1.82) is 0 Å². The predicted octanol–water partition coefficient (Wildman–Crippen LogP) is 4.38. The van der Waals surface area contributed by atoms with Gasteiger partial charge in [0.25, 0.3) is 0 Å². The van der Waals surface area contributed by atoms with Crippen molar-refractivity contribution in [3.05, 3.63) is 71.9 Å². The molecule has 0 aliphatic carbocycles. The molecule has 2 heterocycles. The van der Waals surface area contributed by atoms with Crippen LogP contribution in [0.1, 0.15) is 15.9 Å². The van der Waals surface area contributed by atoms with Crippen LogP contribution in [0.3, 0.4) is 0 Å². The van der Waals surface area contributed by atoms with Gasteiger partial charge in [-0.15, -0.1) is 13.2 Å². The lowest BCUT2D eigenvalue weighted by atomic mass is 9.99. The highest BCUT2D eigenvalue weighted by atomic mass is 19.4. The van der Waals surface area contributed by atoms with Crippen molar-refractivity contribution in [2.45, 2.75) is 13.3 Å². The second-order valence-corrected chi connectivity index (χ2v) is 7.82. The number of benzene rings is 2. The maximum atomic E-state index is 12.5. The average molecular weight is 456 g/mol. The minimum Gasteiger partial charge on any atom is -0.406 e. The third kappa shape index (κ3) is 5.36. The summed E-state index contributed by atoms with van der Waals surface area (Å²) < 4.78 is 41.5. The molecule has 1 aromatic heterocycles. The highest BCUT2D eigenvalue weighted by molar-refractivity contribution is 5.92. The quantitative estimate of drug-likeness (QED) is 0.617. The normalized spacial score (nSPS) is 14.3. The SMILES string of the molecule is Cc1cc(OC(F)(F)F)ccc1-c1cccc(N2CCN(c3ccc(C(N)=O)cn3)CC2)c1. The first-order valence-corrected chi connectivity index (χ1v) is 10.4. The summed E-state index contributed by atoms with van der Waals surface area (Å²) in [6.07, 6.45) is -3.23. The Morgan fingerprint density at radius 1 is 1.00 bits per heavy atom. The van der Waals surface area contributed by atoms with Gasteiger partial charge in [-0.2, -0.15) is 0 Å². The molecule has 1 aliphatic heterocycles. The summed E-state index contributed by atoms with van der Waals surface area (Å²) in [7, 11) is 0. The first-order valence-electron chi connectivity index (χ1n) is 10.4. The van der Waals surface area contributed by atoms with Gasteiger partial charge in [0, 0.05) is 38.1 Å². The lowest BCUT2D eigenvalue weighted by Crippen LogP contribution is -2.46. The predicted molar refractivity (Wildman–Crippen MR) is 120 cm³/mol. The van der Waals surface area contributed by atoms with E-state index in [1.807, 2.05) is 24.3 Å². The van der Waals surface area contributed by atoms with Crippen molar-refractivity contribution in [2.24, 2.45) is 5.73 Å². The molecule has 3 aromatic rings. The molecular weight excluding hydrogens is 433 g/mol. The molecule has 172 valence electrons. The van der Waals surface area contributed by atoms with Crippen LogP contribution >= 0.6 is 0 Å². The number of nitrogens with zero attached hydrogens (tertiary/aromatic N) is 3. The number of alkyl halides is 3. The molecule has 1 fully saturated rings. The number of rotatable bonds is 5. The Labute approximate surface area is 189 Å². The van der Waals surface area contributed by atoms with Crippen molar-refractivity contribution >= 4 is 17.4 Å². The van der Waals surface area contributed by atoms with Crippen LogP contribution in [-0.2, 0) is 0 Å². The van der Waals surface area contributed by atoms with E-state index in [9.17, 15) is 18.0 Å². The number of carbonyl (C=O) groups excluding carboxylic acids is 1. The number of amides is 1. The Balaban J connectivity index is 1.45. The van der Waals surface area contributed by atoms with Gasteiger partial charge in [0.05, 0.1) is 5.56 Å². The van der Waals surface area contributed by atoms with Crippen molar-refractivity contribution in [1.82, 2.24) is 4.98 Å². The number of piperazine rings is 1. The molecule has 1 saturated heterocycles. The maximum absolute atomic E-state index is 12.5. The summed E-state index contributed by atoms with van der Waals surface area (Å²) >= 11 is 0. The van der Waals surface area contributed by atoms with Gasteiger partial charge in [-0.1, -0.05) is 18.2 Å². The van der Waals surface area contributed by atoms with Crippen molar-refractivity contribution < 1.29 is 22.7 Å². The highest BCUT2D eigenvalue weighted by Gasteiger charge is 2.31. The molecule has 2 aromatic carbocycles. The smallest absolute Gasteiger partial charge is 0.406 e. The van der Waals surface area contributed by atoms with E-state index in [4.69, 9.17) is 5.73 Å². The molecule has 0 spiro atoms. The van der Waals surface area contributed by atoms with Crippen molar-refractivity contribution in [2.75, 3.05) is 36.0 Å². The Hall–Kier alpha value is -3.75. The van der Waals surface area contributed by atoms with Gasteiger partial charge in [0.1, 0.15) is 11.6 Å². The van der Waals surface area contributed by atoms with Gasteiger partial charge in [0.2, 0.25) is 5.91 Å². The van der Waals surface area contributed by atoms with Crippen LogP contribution in [0, 0.1) is 6.92 Å². The fourth-order valence-corrected chi connectivity index (χ4v) is 3.94. The zero-order valence-corrected chi connectivity index (χ0v) is 18.0. The molecule has 0 bridgehead atoms. The molecule has 4 rings (SSSR count). The minimum absolute atomic E-state index is 0.228. The zero-order chi connectivity index (χ0) is 23.6. The molecule has 6 nitrogen and oxygen atoms in total. The fraction of sp³-hybridized carbons (Fsp3) is 0.250. The highest BCUT2D eigenvalue weighted by Crippen LogP contribution is 2.32. The van der Waals surface area contributed by atoms with Gasteiger partial charge in [-0.05, 0) is 60.0 Å². The number of hydrogen-bond donors (Lipinski definition) is 1. The fourth-order valence-electron chi connectivity index (χ4n) is 3.94. The van der Waals surface area contributed by atoms with E-state index in [1.54, 1.807) is 25.1 Å². The molecule has 0 atom stereocenters. The monoisotopic (exact) mass is 456 g/mol. The molecule has 33 heavy (non-hydrogen) atoms. The molecule has 9 heteroatoms. The summed E-state index contributed by atoms with van der Waals surface area (Å²) in [5.74, 6) is 0.0650. The van der Waals surface area contributed by atoms with Gasteiger partial charge in [-0.3, -0.25) is 4.79 Å². The van der Waals surface area contributed by atoms with E-state index in [0.717, 1.165) is 48.8 Å². The lowest BCUT2D eigenvalue weighted by Gasteiger charge is -2.37. The van der Waals surface area contributed by atoms with Gasteiger partial charge in [-0.25, -0.2) is 4.98 Å². The number of anilines is 2. The minimum atomic E-state index is -4.71. The van der Waals surface area contributed by atoms with E-state index in [-0.39, 0.29) is 5.75 Å². The van der Waals surface area contributed by atoms with Crippen LogP contribution in [-0.4, -0.2) is 43.4 Å². The number of hydrogen-bond acceptors (Lipinski definition) is 5. The molecule has 2 N–H and O–H groups in total. The van der Waals surface area contributed by atoms with Crippen LogP contribution in [0.5, 0.6) is 5.75 Å². The van der Waals surface area contributed by atoms with E-state index in [1.165, 1.54) is 18.3 Å². The van der Waals surface area contributed by atoms with Gasteiger partial charge < -0.3 is 20.3 Å². The third-order valence-corrected chi connectivity index (χ3v) is 5.59. The molecule has 0 saturated carbocycles. The van der Waals surface area contributed by atoms with E-state index < -0.39 is 12.3 Å². The van der Waals surface area contributed by atoms with Crippen LogP contribution in [0.2, 0.25) is 0 Å². The first-order chi connectivity index (χ1) is 15.7. The summed E-state index contributed by atoms with van der Waals surface area (Å²) in [5, 5.41) is 0. The van der Waals surface area contributed by atoms with Crippen molar-refractivity contribution in [3.63, 3.8) is 0 Å². The Kier molecular flexibility index (Phi) is 6.13. The number of primary amides is 1. The summed E-state index contributed by atoms with van der Waals surface area (Å²) in [6.45, 7) is 4.84. The van der Waals surface area contributed by atoms with Gasteiger partial charge in [0.15, 0.2) is 0 Å². The first kappa shape index (κ1) is 22.4. The Morgan fingerprint density at radius 3 is 2.33 bits per heavy atom. The standard InChI is InChI=1S/C24H23F3N4O2/c1-16-13-20(33-24(25,26)27)6-7-21(16)17-3-2-4-19(14-17)30-9-11-31(12-10-30)22-8-5-18(15-29-22)23(28)32/h2-8,13-15H,9-12H2,1H3,(H2,28,32).